The van der Waals surface area contributed by atoms with Crippen molar-refractivity contribution < 1.29 is 28.2 Å². The predicted molar refractivity (Wildman–Crippen MR) is 85.2 cm³/mol. The quantitative estimate of drug-likeness (QED) is 0.533. The molecule has 3 heterocycles. The third-order valence-electron chi connectivity index (χ3n) is 4.45. The lowest BCUT2D eigenvalue weighted by molar-refractivity contribution is 0.105. The zero-order valence-electron chi connectivity index (χ0n) is 12.5. The van der Waals surface area contributed by atoms with Crippen LogP contribution in [0.3, 0.4) is 0 Å². The van der Waals surface area contributed by atoms with Crippen molar-refractivity contribution in [3.8, 4) is 11.5 Å². The molecule has 128 valence electrons. The maximum atomic E-state index is 12.5. The smallest absolute Gasteiger partial charge is 0.344 e. The Hall–Kier alpha value is -2.71. The second-order valence-corrected chi connectivity index (χ2v) is 5.90. The molecule has 0 amide bonds. The van der Waals surface area contributed by atoms with Crippen molar-refractivity contribution in [2.45, 2.75) is 12.5 Å². The van der Waals surface area contributed by atoms with E-state index in [4.69, 9.17) is 34.6 Å². The Morgan fingerprint density at radius 3 is 2.84 bits per heavy atom. The third kappa shape index (κ3) is 1.80. The van der Waals surface area contributed by atoms with Gasteiger partial charge in [0.15, 0.2) is 22.5 Å². The van der Waals surface area contributed by atoms with Crippen LogP contribution in [0.15, 0.2) is 24.5 Å². The van der Waals surface area contributed by atoms with Gasteiger partial charge in [0.25, 0.3) is 0 Å². The average molecular weight is 365 g/mol. The monoisotopic (exact) mass is 364 g/mol. The van der Waals surface area contributed by atoms with Gasteiger partial charge in [0.05, 0.1) is 10.9 Å². The van der Waals surface area contributed by atoms with Gasteiger partial charge in [0.1, 0.15) is 12.2 Å². The summed E-state index contributed by atoms with van der Waals surface area (Å²) in [5.41, 5.74) is -1.13. The molecule has 0 bridgehead atoms. The van der Waals surface area contributed by atoms with Gasteiger partial charge >= 0.3 is 11.3 Å². The highest BCUT2D eigenvalue weighted by molar-refractivity contribution is 6.17. The first-order valence-electron chi connectivity index (χ1n) is 7.35. The van der Waals surface area contributed by atoms with Crippen molar-refractivity contribution in [3.63, 3.8) is 0 Å². The van der Waals surface area contributed by atoms with E-state index in [0.717, 1.165) is 0 Å². The summed E-state index contributed by atoms with van der Waals surface area (Å²) >= 11 is 5.56. The van der Waals surface area contributed by atoms with Crippen LogP contribution in [0.4, 0.5) is 0 Å². The predicted octanol–water partition coefficient (Wildman–Crippen LogP) is 1.15. The van der Waals surface area contributed by atoms with Crippen LogP contribution in [0.2, 0.25) is 0 Å². The van der Waals surface area contributed by atoms with E-state index in [9.17, 15) is 14.7 Å². The first-order valence-corrected chi connectivity index (χ1v) is 7.89. The minimum Gasteiger partial charge on any atom is -0.506 e. The van der Waals surface area contributed by atoms with E-state index in [1.54, 1.807) is 0 Å². The number of aliphatic hydroxyl groups excluding tert-OH is 1. The van der Waals surface area contributed by atoms with Gasteiger partial charge in [-0.2, -0.15) is 0 Å². The third-order valence-corrected chi connectivity index (χ3v) is 4.57. The summed E-state index contributed by atoms with van der Waals surface area (Å²) in [4.78, 5) is 24.9. The molecule has 1 aromatic carbocycles. The first kappa shape index (κ1) is 14.6. The molecule has 0 saturated heterocycles. The number of ether oxygens (including phenoxy) is 3. The van der Waals surface area contributed by atoms with Crippen LogP contribution in [-0.2, 0) is 11.2 Å². The molecule has 1 N–H and O–H groups in total. The van der Waals surface area contributed by atoms with Gasteiger partial charge in [-0.15, -0.1) is 0 Å². The van der Waals surface area contributed by atoms with Gasteiger partial charge in [-0.05, 0) is 6.07 Å². The Bertz CT molecular complexity index is 1220. The van der Waals surface area contributed by atoms with E-state index in [2.05, 4.69) is 0 Å². The minimum atomic E-state index is -0.899. The summed E-state index contributed by atoms with van der Waals surface area (Å²) in [6.45, 7) is -0.0523. The van der Waals surface area contributed by atoms with Gasteiger partial charge in [-0.1, -0.05) is 11.6 Å². The molecule has 25 heavy (non-hydrogen) atoms. The molecule has 1 aliphatic carbocycles. The zero-order valence-corrected chi connectivity index (χ0v) is 13.2. The molecule has 1 aliphatic heterocycles. The van der Waals surface area contributed by atoms with Gasteiger partial charge in [0, 0.05) is 17.2 Å². The van der Waals surface area contributed by atoms with E-state index < -0.39 is 17.4 Å². The van der Waals surface area contributed by atoms with Gasteiger partial charge in [-0.3, -0.25) is 0 Å². The average Bonchev–Trinajstić information content (AvgIpc) is 3.06. The maximum absolute atomic E-state index is 12.5. The number of hydrogen-bond donors (Lipinski definition) is 1. The molecule has 0 saturated carbocycles. The van der Waals surface area contributed by atoms with Crippen molar-refractivity contribution >= 4 is 39.1 Å². The summed E-state index contributed by atoms with van der Waals surface area (Å²) in [6, 6.07) is 1.27. The lowest BCUT2D eigenvalue weighted by Gasteiger charge is -2.21. The van der Waals surface area contributed by atoms with E-state index in [1.165, 1.54) is 6.07 Å². The van der Waals surface area contributed by atoms with E-state index in [0.29, 0.717) is 16.5 Å². The van der Waals surface area contributed by atoms with Crippen molar-refractivity contribution in [3.05, 3.63) is 37.9 Å². The second-order valence-electron chi connectivity index (χ2n) is 5.68. The molecule has 1 unspecified atom stereocenters. The fraction of sp³-hybridized carbons (Fsp3) is 0.250. The van der Waals surface area contributed by atoms with E-state index in [1.807, 2.05) is 0 Å². The Morgan fingerprint density at radius 2 is 2.04 bits per heavy atom. The Labute approximate surface area is 142 Å². The summed E-state index contributed by atoms with van der Waals surface area (Å²) in [5, 5.41) is 11.3. The lowest BCUT2D eigenvalue weighted by atomic mass is 9.94. The van der Waals surface area contributed by atoms with Gasteiger partial charge < -0.3 is 28.2 Å². The molecule has 3 aromatic rings. The summed E-state index contributed by atoms with van der Waals surface area (Å²) < 4.78 is 26.6. The summed E-state index contributed by atoms with van der Waals surface area (Å²) in [5.74, 6) is 0.237. The van der Waals surface area contributed by atoms with Crippen LogP contribution in [-0.4, -0.2) is 24.1 Å². The standard InChI is InChI=1S/C16H9ClO8/c17-3-21-7-1-5-9-10-6(15(19)24-13(9)11(7)18)2-8-12(23-4-22-8)14(10)25-16(5)20/h2,7,18H,1,3-4H2. The number of aliphatic hydroxyl groups is 1. The first-order chi connectivity index (χ1) is 12.1. The highest BCUT2D eigenvalue weighted by Crippen LogP contribution is 2.42. The van der Waals surface area contributed by atoms with Crippen LogP contribution in [0.25, 0.3) is 27.5 Å². The topological polar surface area (TPSA) is 108 Å². The highest BCUT2D eigenvalue weighted by atomic mass is 35.5. The Kier molecular flexibility index (Phi) is 2.87. The van der Waals surface area contributed by atoms with Gasteiger partial charge in [0.2, 0.25) is 12.5 Å². The molecule has 5 rings (SSSR count). The number of halogens is 1. The van der Waals surface area contributed by atoms with Gasteiger partial charge in [-0.25, -0.2) is 9.59 Å². The Balaban J connectivity index is 2.07. The van der Waals surface area contributed by atoms with E-state index >= 15 is 0 Å². The molecule has 0 radical (unpaired) electrons. The van der Waals surface area contributed by atoms with Crippen LogP contribution < -0.4 is 26.1 Å². The summed E-state index contributed by atoms with van der Waals surface area (Å²) in [7, 11) is 0. The molecule has 9 heteroatoms. The Morgan fingerprint density at radius 1 is 1.20 bits per heavy atom. The number of alkyl halides is 1. The molecule has 0 fully saturated rings. The summed E-state index contributed by atoms with van der Waals surface area (Å²) in [6.07, 6.45) is -0.857. The second kappa shape index (κ2) is 4.90. The molecular formula is C16H9ClO8. The number of fused-ring (bicyclic) bond motifs is 2. The lowest BCUT2D eigenvalue weighted by Crippen LogP contribution is -2.34. The maximum Gasteiger partial charge on any atom is 0.344 e. The molecule has 2 aromatic heterocycles. The largest absolute Gasteiger partial charge is 0.506 e. The van der Waals surface area contributed by atoms with Crippen LogP contribution in [0, 0.1) is 0 Å². The van der Waals surface area contributed by atoms with Crippen molar-refractivity contribution in [2.24, 2.45) is 0 Å². The molecular weight excluding hydrogens is 356 g/mol. The van der Waals surface area contributed by atoms with Crippen molar-refractivity contribution in [2.75, 3.05) is 12.9 Å². The molecule has 1 atom stereocenters. The van der Waals surface area contributed by atoms with E-state index in [-0.39, 0.29) is 52.7 Å². The SMILES string of the molecule is O=c1oc2c3c(cc4c(=O)oc5c(c1CC(OCCl)C=5O)c24)OCO3. The fourth-order valence-electron chi connectivity index (χ4n) is 3.38. The minimum absolute atomic E-state index is 0.0428. The zero-order chi connectivity index (χ0) is 17.3. The number of benzene rings is 1. The molecule has 0 spiro atoms. The fourth-order valence-corrected chi connectivity index (χ4v) is 3.54. The highest BCUT2D eigenvalue weighted by Gasteiger charge is 2.32. The number of hydrogen-bond acceptors (Lipinski definition) is 8. The van der Waals surface area contributed by atoms with Crippen molar-refractivity contribution in [1.29, 1.82) is 0 Å². The normalized spacial score (nSPS) is 18.4. The number of rotatable bonds is 2. The molecule has 2 aliphatic rings. The van der Waals surface area contributed by atoms with Crippen LogP contribution in [0.1, 0.15) is 5.56 Å². The van der Waals surface area contributed by atoms with Crippen LogP contribution >= 0.6 is 11.6 Å². The molecule has 8 nitrogen and oxygen atoms in total. The van der Waals surface area contributed by atoms with Crippen molar-refractivity contribution in [1.82, 2.24) is 0 Å². The van der Waals surface area contributed by atoms with Crippen LogP contribution in [0.5, 0.6) is 11.5 Å².